The topological polar surface area (TPSA) is 20.2 Å². The molecule has 1 nitrogen and oxygen atoms in total. The van der Waals surface area contributed by atoms with Gasteiger partial charge in [-0.3, -0.25) is 0 Å². The average Bonchev–Trinajstić information content (AvgIpc) is 3.53. The minimum atomic E-state index is -0.385. The zero-order valence-electron chi connectivity index (χ0n) is 20.6. The van der Waals surface area contributed by atoms with Gasteiger partial charge in [-0.1, -0.05) is 86.6 Å². The molecule has 4 aromatic carbocycles. The van der Waals surface area contributed by atoms with Crippen molar-refractivity contribution in [2.45, 2.75) is 58.0 Å². The Labute approximate surface area is 203 Å². The quantitative estimate of drug-likeness (QED) is 0.325. The van der Waals surface area contributed by atoms with Gasteiger partial charge in [-0.15, -0.1) is 0 Å². The van der Waals surface area contributed by atoms with E-state index in [1.165, 1.54) is 35.4 Å². The maximum atomic E-state index is 9.38. The number of benzene rings is 4. The lowest BCUT2D eigenvalue weighted by molar-refractivity contribution is 0.191. The summed E-state index contributed by atoms with van der Waals surface area (Å²) in [6.45, 7) is 6.81. The molecule has 0 aliphatic heterocycles. The monoisotopic (exact) mass is 448 g/mol. The lowest BCUT2D eigenvalue weighted by atomic mass is 9.68. The van der Waals surface area contributed by atoms with Crippen LogP contribution in [0.15, 0.2) is 78.9 Å². The Morgan fingerprint density at radius 3 is 2.12 bits per heavy atom. The molecule has 4 aromatic rings. The van der Waals surface area contributed by atoms with Crippen molar-refractivity contribution in [3.8, 4) is 0 Å². The van der Waals surface area contributed by atoms with E-state index in [9.17, 15) is 5.11 Å². The number of aliphatic hydroxyl groups is 1. The average molecular weight is 449 g/mol. The van der Waals surface area contributed by atoms with Crippen LogP contribution in [0, 0.1) is 23.7 Å². The van der Waals surface area contributed by atoms with Crippen LogP contribution in [0.25, 0.3) is 21.5 Å². The van der Waals surface area contributed by atoms with Crippen molar-refractivity contribution in [3.63, 3.8) is 0 Å². The zero-order chi connectivity index (χ0) is 23.4. The summed E-state index contributed by atoms with van der Waals surface area (Å²) in [5.41, 5.74) is 4.25. The normalized spacial score (nSPS) is 29.9. The van der Waals surface area contributed by atoms with E-state index in [0.717, 1.165) is 35.2 Å². The molecule has 2 bridgehead atoms. The van der Waals surface area contributed by atoms with Gasteiger partial charge in [0.15, 0.2) is 0 Å². The first kappa shape index (κ1) is 21.9. The summed E-state index contributed by atoms with van der Waals surface area (Å²) in [6, 6.07) is 28.1. The highest BCUT2D eigenvalue weighted by Gasteiger charge is 2.51. The van der Waals surface area contributed by atoms with Gasteiger partial charge >= 0.3 is 0 Å². The van der Waals surface area contributed by atoms with Crippen LogP contribution in [0.2, 0.25) is 0 Å². The Balaban J connectivity index is 0.000000144. The van der Waals surface area contributed by atoms with Crippen molar-refractivity contribution < 1.29 is 5.11 Å². The van der Waals surface area contributed by atoms with Crippen LogP contribution in [0.3, 0.4) is 0 Å². The summed E-state index contributed by atoms with van der Waals surface area (Å²) in [5, 5.41) is 14.8. The van der Waals surface area contributed by atoms with Crippen molar-refractivity contribution in [1.29, 1.82) is 0 Å². The van der Waals surface area contributed by atoms with Gasteiger partial charge in [-0.05, 0) is 106 Å². The molecule has 3 aliphatic carbocycles. The number of hydrogen-bond donors (Lipinski definition) is 1. The van der Waals surface area contributed by atoms with Gasteiger partial charge in [0.05, 0.1) is 6.10 Å². The van der Waals surface area contributed by atoms with E-state index in [1.54, 1.807) is 23.4 Å². The summed E-state index contributed by atoms with van der Waals surface area (Å²) < 4.78 is 0. The molecule has 0 spiro atoms. The van der Waals surface area contributed by atoms with Gasteiger partial charge in [0.1, 0.15) is 0 Å². The molecule has 1 heteroatoms. The minimum Gasteiger partial charge on any atom is -0.389 e. The van der Waals surface area contributed by atoms with E-state index >= 15 is 0 Å². The van der Waals surface area contributed by atoms with Crippen LogP contribution in [0.5, 0.6) is 0 Å². The van der Waals surface area contributed by atoms with Gasteiger partial charge in [-0.25, -0.2) is 0 Å². The Bertz CT molecular complexity index is 1330. The summed E-state index contributed by atoms with van der Waals surface area (Å²) in [7, 11) is 0. The molecule has 2 fully saturated rings. The van der Waals surface area contributed by atoms with Crippen molar-refractivity contribution in [3.05, 3.63) is 95.6 Å². The van der Waals surface area contributed by atoms with Crippen molar-refractivity contribution in [2.24, 2.45) is 23.7 Å². The second kappa shape index (κ2) is 8.54. The largest absolute Gasteiger partial charge is 0.389 e. The Morgan fingerprint density at radius 1 is 0.735 bits per heavy atom. The van der Waals surface area contributed by atoms with Gasteiger partial charge < -0.3 is 5.11 Å². The third-order valence-corrected chi connectivity index (χ3v) is 9.44. The molecule has 0 saturated heterocycles. The first-order valence-electron chi connectivity index (χ1n) is 13.2. The van der Waals surface area contributed by atoms with E-state index in [-0.39, 0.29) is 6.10 Å². The van der Waals surface area contributed by atoms with Crippen LogP contribution >= 0.6 is 0 Å². The molecule has 174 valence electrons. The standard InChI is InChI=1S/C21H24.C12H12O/c1-12-15-9-10-16(11-15)19(12)20-13(2)17-7-3-5-14-6-4-8-18(20)21(14)17;1-9(13)11-7-6-10-4-2-3-5-12(10)8-11/h3-8,12-13,15-16,19-20H,9-11H2,1-2H3;2-9,13H,1H3. The predicted molar refractivity (Wildman–Crippen MR) is 143 cm³/mol. The molecular weight excluding hydrogens is 412 g/mol. The second-order valence-electron chi connectivity index (χ2n) is 11.2. The van der Waals surface area contributed by atoms with Crippen molar-refractivity contribution >= 4 is 21.5 Å². The third-order valence-electron chi connectivity index (χ3n) is 9.44. The highest BCUT2D eigenvalue weighted by atomic mass is 16.3. The molecule has 2 saturated carbocycles. The van der Waals surface area contributed by atoms with E-state index in [2.05, 4.69) is 62.4 Å². The van der Waals surface area contributed by atoms with Crippen molar-refractivity contribution in [1.82, 2.24) is 0 Å². The number of fused-ring (bicyclic) bond motifs is 3. The number of rotatable bonds is 2. The van der Waals surface area contributed by atoms with Crippen LogP contribution < -0.4 is 0 Å². The summed E-state index contributed by atoms with van der Waals surface area (Å²) >= 11 is 0. The molecule has 0 heterocycles. The fraction of sp³-hybridized carbons (Fsp3) is 0.394. The minimum absolute atomic E-state index is 0.385. The van der Waals surface area contributed by atoms with E-state index in [4.69, 9.17) is 0 Å². The Hall–Kier alpha value is -2.64. The van der Waals surface area contributed by atoms with Crippen LogP contribution in [-0.2, 0) is 0 Å². The summed E-state index contributed by atoms with van der Waals surface area (Å²) in [5.74, 6) is 5.36. The molecule has 1 N–H and O–H groups in total. The Morgan fingerprint density at radius 2 is 1.41 bits per heavy atom. The first-order chi connectivity index (χ1) is 16.5. The van der Waals surface area contributed by atoms with Crippen LogP contribution in [-0.4, -0.2) is 5.11 Å². The summed E-state index contributed by atoms with van der Waals surface area (Å²) in [6.07, 6.45) is 4.13. The number of aliphatic hydroxyl groups excluding tert-OH is 1. The maximum Gasteiger partial charge on any atom is 0.0762 e. The highest BCUT2D eigenvalue weighted by Crippen LogP contribution is 2.62. The van der Waals surface area contributed by atoms with Crippen LogP contribution in [0.1, 0.15) is 74.7 Å². The van der Waals surface area contributed by atoms with Crippen LogP contribution in [0.4, 0.5) is 0 Å². The van der Waals surface area contributed by atoms with E-state index < -0.39 is 0 Å². The molecule has 0 amide bonds. The van der Waals surface area contributed by atoms with E-state index in [1.807, 2.05) is 30.3 Å². The molecule has 7 rings (SSSR count). The van der Waals surface area contributed by atoms with Crippen molar-refractivity contribution in [2.75, 3.05) is 0 Å². The molecule has 3 aliphatic rings. The fourth-order valence-corrected chi connectivity index (χ4v) is 7.77. The summed E-state index contributed by atoms with van der Waals surface area (Å²) in [4.78, 5) is 0. The fourth-order valence-electron chi connectivity index (χ4n) is 7.77. The van der Waals surface area contributed by atoms with Gasteiger partial charge in [0.2, 0.25) is 0 Å². The van der Waals surface area contributed by atoms with Gasteiger partial charge in [-0.2, -0.15) is 0 Å². The van der Waals surface area contributed by atoms with Gasteiger partial charge in [0, 0.05) is 0 Å². The first-order valence-corrected chi connectivity index (χ1v) is 13.2. The maximum absolute atomic E-state index is 9.38. The Kier molecular flexibility index (Phi) is 5.49. The molecule has 7 unspecified atom stereocenters. The van der Waals surface area contributed by atoms with Gasteiger partial charge in [0.25, 0.3) is 0 Å². The highest BCUT2D eigenvalue weighted by molar-refractivity contribution is 5.92. The molecule has 0 aromatic heterocycles. The third kappa shape index (κ3) is 3.48. The second-order valence-corrected chi connectivity index (χ2v) is 11.2. The zero-order valence-corrected chi connectivity index (χ0v) is 20.6. The predicted octanol–water partition coefficient (Wildman–Crippen LogP) is 8.62. The SMILES string of the molecule is CC(O)c1ccc2ccccc2c1.CC1c2cccc3cccc(c23)C1C1C2CCC(C2)C1C. The van der Waals surface area contributed by atoms with E-state index in [0.29, 0.717) is 5.92 Å². The lowest BCUT2D eigenvalue weighted by Gasteiger charge is -2.36. The number of hydrogen-bond acceptors (Lipinski definition) is 1. The molecule has 7 atom stereocenters. The molecule has 0 radical (unpaired) electrons. The molecular formula is C33H36O. The lowest BCUT2D eigenvalue weighted by Crippen LogP contribution is -2.27. The smallest absolute Gasteiger partial charge is 0.0762 e. The molecule has 34 heavy (non-hydrogen) atoms.